The third-order valence-electron chi connectivity index (χ3n) is 4.61. The van der Waals surface area contributed by atoms with E-state index in [2.05, 4.69) is 10.4 Å². The van der Waals surface area contributed by atoms with Crippen molar-refractivity contribution in [2.45, 2.75) is 58.5 Å². The molecule has 1 aliphatic carbocycles. The van der Waals surface area contributed by atoms with Crippen molar-refractivity contribution in [2.24, 2.45) is 5.92 Å². The third kappa shape index (κ3) is 3.91. The number of carbonyl (C=O) groups excluding carboxylic acids is 2. The highest BCUT2D eigenvalue weighted by Gasteiger charge is 2.33. The lowest BCUT2D eigenvalue weighted by molar-refractivity contribution is -0.147. The van der Waals surface area contributed by atoms with Gasteiger partial charge in [0.15, 0.2) is 0 Å². The molecule has 0 spiro atoms. The number of alkyl halides is 2. The van der Waals surface area contributed by atoms with Gasteiger partial charge in [0.2, 0.25) is 5.91 Å². The largest absolute Gasteiger partial charge is 0.469 e. The van der Waals surface area contributed by atoms with E-state index in [1.807, 2.05) is 0 Å². The summed E-state index contributed by atoms with van der Waals surface area (Å²) >= 11 is 0. The highest BCUT2D eigenvalue weighted by molar-refractivity contribution is 5.81. The van der Waals surface area contributed by atoms with Crippen molar-refractivity contribution < 1.29 is 23.1 Å². The number of ether oxygens (including phenoxy) is 1. The van der Waals surface area contributed by atoms with Crippen molar-refractivity contribution in [1.29, 1.82) is 0 Å². The molecule has 1 amide bonds. The Hall–Kier alpha value is -1.99. The van der Waals surface area contributed by atoms with Crippen LogP contribution >= 0.6 is 0 Å². The van der Waals surface area contributed by atoms with Gasteiger partial charge in [-0.1, -0.05) is 12.8 Å². The zero-order chi connectivity index (χ0) is 17.9. The maximum Gasteiger partial charge on any atom is 0.333 e. The van der Waals surface area contributed by atoms with Crippen LogP contribution in [0.3, 0.4) is 0 Å². The van der Waals surface area contributed by atoms with Gasteiger partial charge in [-0.05, 0) is 26.7 Å². The Morgan fingerprint density at radius 1 is 1.33 bits per heavy atom. The van der Waals surface area contributed by atoms with E-state index in [1.54, 1.807) is 6.92 Å². The van der Waals surface area contributed by atoms with E-state index in [4.69, 9.17) is 4.74 Å². The molecule has 1 aliphatic rings. The van der Waals surface area contributed by atoms with Crippen LogP contribution in [0.4, 0.5) is 8.78 Å². The Morgan fingerprint density at radius 3 is 2.58 bits per heavy atom. The van der Waals surface area contributed by atoms with Crippen molar-refractivity contribution in [3.8, 4) is 0 Å². The zero-order valence-electron chi connectivity index (χ0n) is 14.1. The molecule has 8 heteroatoms. The zero-order valence-corrected chi connectivity index (χ0v) is 14.1. The summed E-state index contributed by atoms with van der Waals surface area (Å²) in [7, 11) is 1.33. The van der Waals surface area contributed by atoms with Gasteiger partial charge < -0.3 is 10.1 Å². The predicted octanol–water partition coefficient (Wildman–Crippen LogP) is 2.29. The van der Waals surface area contributed by atoms with Crippen molar-refractivity contribution in [3.05, 3.63) is 17.0 Å². The van der Waals surface area contributed by atoms with Crippen LogP contribution in [0.1, 0.15) is 49.2 Å². The second-order valence-corrected chi connectivity index (χ2v) is 6.14. The lowest BCUT2D eigenvalue weighted by Gasteiger charge is -2.30. The number of hydrogen-bond donors (Lipinski definition) is 1. The summed E-state index contributed by atoms with van der Waals surface area (Å²) in [6.45, 7) is 0.390. The molecular weight excluding hydrogens is 320 g/mol. The molecule has 0 aliphatic heterocycles. The van der Waals surface area contributed by atoms with Gasteiger partial charge in [-0.25, -0.2) is 4.68 Å². The molecule has 1 heterocycles. The minimum atomic E-state index is -2.73. The van der Waals surface area contributed by atoms with E-state index < -0.39 is 6.55 Å². The molecule has 0 bridgehead atoms. The van der Waals surface area contributed by atoms with Crippen molar-refractivity contribution in [2.75, 3.05) is 7.11 Å². The van der Waals surface area contributed by atoms with Gasteiger partial charge in [-0.3, -0.25) is 9.59 Å². The molecule has 1 fully saturated rings. The molecule has 134 valence electrons. The quantitative estimate of drug-likeness (QED) is 0.833. The molecule has 24 heavy (non-hydrogen) atoms. The van der Waals surface area contributed by atoms with Crippen LogP contribution in [-0.4, -0.2) is 34.8 Å². The number of halogens is 2. The first-order valence-corrected chi connectivity index (χ1v) is 8.05. The standard InChI is InChI=1S/C16H23F2N3O3/c1-9-12(10(2)21(20-9)16(17)18)8-14(22)19-13-7-5-4-6-11(13)15(23)24-3/h11,13,16H,4-8H2,1-3H3,(H,19,22)/t11-,13+/m0/s1. The maximum atomic E-state index is 12.9. The number of nitrogens with one attached hydrogen (secondary N) is 1. The number of nitrogens with zero attached hydrogens (tertiary/aromatic N) is 2. The fraction of sp³-hybridized carbons (Fsp3) is 0.688. The molecule has 1 aromatic heterocycles. The second kappa shape index (κ2) is 7.72. The number of amides is 1. The van der Waals surface area contributed by atoms with Crippen molar-refractivity contribution >= 4 is 11.9 Å². The molecule has 2 rings (SSSR count). The molecule has 0 radical (unpaired) electrons. The summed E-state index contributed by atoms with van der Waals surface area (Å²) in [5.41, 5.74) is 1.19. The SMILES string of the molecule is COC(=O)[C@H]1CCCC[C@H]1NC(=O)Cc1c(C)nn(C(F)F)c1C. The van der Waals surface area contributed by atoms with Crippen LogP contribution in [0.25, 0.3) is 0 Å². The monoisotopic (exact) mass is 343 g/mol. The number of hydrogen-bond acceptors (Lipinski definition) is 4. The van der Waals surface area contributed by atoms with Crippen LogP contribution in [0, 0.1) is 19.8 Å². The number of carbonyl (C=O) groups is 2. The van der Waals surface area contributed by atoms with Crippen LogP contribution in [0.15, 0.2) is 0 Å². The number of esters is 1. The lowest BCUT2D eigenvalue weighted by atomic mass is 9.84. The van der Waals surface area contributed by atoms with Gasteiger partial charge in [0.25, 0.3) is 0 Å². The Bertz CT molecular complexity index is 616. The first-order chi connectivity index (χ1) is 11.3. The molecule has 1 saturated carbocycles. The summed E-state index contributed by atoms with van der Waals surface area (Å²) < 4.78 is 31.1. The van der Waals surface area contributed by atoms with E-state index in [0.29, 0.717) is 28.8 Å². The van der Waals surface area contributed by atoms with E-state index >= 15 is 0 Å². The molecule has 2 atom stereocenters. The topological polar surface area (TPSA) is 73.2 Å². The second-order valence-electron chi connectivity index (χ2n) is 6.14. The summed E-state index contributed by atoms with van der Waals surface area (Å²) in [6, 6.07) is -0.274. The molecule has 1 aromatic rings. The first kappa shape index (κ1) is 18.4. The van der Waals surface area contributed by atoms with Gasteiger partial charge in [0.05, 0.1) is 25.1 Å². The molecule has 0 unspecified atom stereocenters. The number of aromatic nitrogens is 2. The third-order valence-corrected chi connectivity index (χ3v) is 4.61. The van der Waals surface area contributed by atoms with E-state index in [9.17, 15) is 18.4 Å². The van der Waals surface area contributed by atoms with E-state index in [0.717, 1.165) is 12.8 Å². The smallest absolute Gasteiger partial charge is 0.333 e. The van der Waals surface area contributed by atoms with Gasteiger partial charge in [0, 0.05) is 17.3 Å². The fourth-order valence-corrected chi connectivity index (χ4v) is 3.30. The van der Waals surface area contributed by atoms with Crippen LogP contribution in [-0.2, 0) is 20.7 Å². The summed E-state index contributed by atoms with van der Waals surface area (Å²) in [5.74, 6) is -0.965. The Labute approximate surface area is 139 Å². The summed E-state index contributed by atoms with van der Waals surface area (Å²) in [6.07, 6.45) is 3.21. The van der Waals surface area contributed by atoms with Crippen molar-refractivity contribution in [1.82, 2.24) is 15.1 Å². The molecule has 6 nitrogen and oxygen atoms in total. The average molecular weight is 343 g/mol. The van der Waals surface area contributed by atoms with Gasteiger partial charge in [-0.15, -0.1) is 0 Å². The molecule has 0 saturated heterocycles. The molecule has 1 N–H and O–H groups in total. The first-order valence-electron chi connectivity index (χ1n) is 8.05. The molecular formula is C16H23F2N3O3. The van der Waals surface area contributed by atoms with E-state index in [1.165, 1.54) is 14.0 Å². The average Bonchev–Trinajstić information content (AvgIpc) is 2.83. The Kier molecular flexibility index (Phi) is 5.90. The van der Waals surface area contributed by atoms with Crippen LogP contribution < -0.4 is 5.32 Å². The summed E-state index contributed by atoms with van der Waals surface area (Å²) in [4.78, 5) is 24.2. The number of aryl methyl sites for hydroxylation is 1. The van der Waals surface area contributed by atoms with Crippen molar-refractivity contribution in [3.63, 3.8) is 0 Å². The number of rotatable bonds is 5. The predicted molar refractivity (Wildman–Crippen MR) is 82.6 cm³/mol. The lowest BCUT2D eigenvalue weighted by Crippen LogP contribution is -2.46. The molecule has 0 aromatic carbocycles. The van der Waals surface area contributed by atoms with Gasteiger partial charge in [0.1, 0.15) is 0 Å². The van der Waals surface area contributed by atoms with Crippen LogP contribution in [0.5, 0.6) is 0 Å². The van der Waals surface area contributed by atoms with E-state index in [-0.39, 0.29) is 36.0 Å². The summed E-state index contributed by atoms with van der Waals surface area (Å²) in [5, 5.41) is 6.64. The number of methoxy groups -OCH3 is 1. The maximum absolute atomic E-state index is 12.9. The minimum Gasteiger partial charge on any atom is -0.469 e. The van der Waals surface area contributed by atoms with Gasteiger partial charge in [-0.2, -0.15) is 13.9 Å². The highest BCUT2D eigenvalue weighted by atomic mass is 19.3. The Morgan fingerprint density at radius 2 is 2.00 bits per heavy atom. The minimum absolute atomic E-state index is 0.0330. The van der Waals surface area contributed by atoms with Crippen LogP contribution in [0.2, 0.25) is 0 Å². The fourth-order valence-electron chi connectivity index (χ4n) is 3.30. The van der Waals surface area contributed by atoms with Gasteiger partial charge >= 0.3 is 12.5 Å². The Balaban J connectivity index is 2.06. The normalized spacial score (nSPS) is 20.9. The highest BCUT2D eigenvalue weighted by Crippen LogP contribution is 2.26.